The van der Waals surface area contributed by atoms with E-state index in [1.165, 1.54) is 0 Å². The summed E-state index contributed by atoms with van der Waals surface area (Å²) in [5.41, 5.74) is 0. The first-order valence-electron chi connectivity index (χ1n) is 5.70. The molecule has 0 saturated carbocycles. The molecule has 2 atom stereocenters. The van der Waals surface area contributed by atoms with E-state index in [1.807, 2.05) is 25.7 Å². The van der Waals surface area contributed by atoms with Crippen LogP contribution in [0.2, 0.25) is 0 Å². The van der Waals surface area contributed by atoms with Crippen molar-refractivity contribution in [2.45, 2.75) is 46.3 Å². The second kappa shape index (κ2) is 7.65. The Balaban J connectivity index is 3.84. The molecule has 4 heteroatoms. The van der Waals surface area contributed by atoms with Gasteiger partial charge in [0.2, 0.25) is 5.91 Å². The van der Waals surface area contributed by atoms with Gasteiger partial charge in [-0.2, -0.15) is 0 Å². The van der Waals surface area contributed by atoms with Crippen LogP contribution in [-0.2, 0) is 4.79 Å². The predicted molar refractivity (Wildman–Crippen MR) is 61.7 cm³/mol. The van der Waals surface area contributed by atoms with Gasteiger partial charge in [-0.25, -0.2) is 0 Å². The zero-order valence-electron chi connectivity index (χ0n) is 10.3. The highest BCUT2D eigenvalue weighted by molar-refractivity contribution is 5.76. The van der Waals surface area contributed by atoms with Gasteiger partial charge >= 0.3 is 0 Å². The minimum atomic E-state index is -0.365. The van der Waals surface area contributed by atoms with E-state index < -0.39 is 0 Å². The Morgan fingerprint density at radius 3 is 2.27 bits per heavy atom. The van der Waals surface area contributed by atoms with Crippen LogP contribution >= 0.6 is 0 Å². The van der Waals surface area contributed by atoms with Gasteiger partial charge in [0.05, 0.1) is 6.10 Å². The van der Waals surface area contributed by atoms with E-state index >= 15 is 0 Å². The van der Waals surface area contributed by atoms with E-state index in [2.05, 4.69) is 5.32 Å². The summed E-state index contributed by atoms with van der Waals surface area (Å²) in [5.74, 6) is 0.172. The number of carbonyl (C=O) groups excluding carboxylic acids is 1. The Bertz CT molecular complexity index is 179. The fourth-order valence-electron chi connectivity index (χ4n) is 1.41. The molecule has 0 spiro atoms. The number of nitrogens with zero attached hydrogens (tertiary/aromatic N) is 1. The molecule has 0 heterocycles. The van der Waals surface area contributed by atoms with Gasteiger partial charge in [-0.3, -0.25) is 4.79 Å². The fourth-order valence-corrected chi connectivity index (χ4v) is 1.41. The molecule has 15 heavy (non-hydrogen) atoms. The quantitative estimate of drug-likeness (QED) is 0.655. The normalized spacial score (nSPS) is 14.7. The summed E-state index contributed by atoms with van der Waals surface area (Å²) in [6, 6.07) is 0.118. The van der Waals surface area contributed by atoms with Crippen molar-refractivity contribution in [2.24, 2.45) is 0 Å². The van der Waals surface area contributed by atoms with Crippen LogP contribution in [0.25, 0.3) is 0 Å². The second-order valence-corrected chi connectivity index (χ2v) is 3.93. The molecule has 0 aromatic heterocycles. The Kier molecular flexibility index (Phi) is 7.34. The van der Waals surface area contributed by atoms with Crippen LogP contribution in [0.4, 0.5) is 0 Å². The van der Waals surface area contributed by atoms with Gasteiger partial charge in [0.25, 0.3) is 0 Å². The van der Waals surface area contributed by atoms with Crippen molar-refractivity contribution < 1.29 is 9.90 Å². The fraction of sp³-hybridized carbons (Fsp3) is 0.909. The first kappa shape index (κ1) is 14.4. The minimum Gasteiger partial charge on any atom is -0.392 e. The molecule has 0 saturated heterocycles. The van der Waals surface area contributed by atoms with Crippen LogP contribution in [0.5, 0.6) is 0 Å². The summed E-state index contributed by atoms with van der Waals surface area (Å²) in [7, 11) is 0. The van der Waals surface area contributed by atoms with E-state index in [0.717, 1.165) is 13.1 Å². The van der Waals surface area contributed by atoms with Crippen molar-refractivity contribution in [1.29, 1.82) is 0 Å². The van der Waals surface area contributed by atoms with E-state index in [1.54, 1.807) is 6.92 Å². The van der Waals surface area contributed by atoms with E-state index in [4.69, 9.17) is 5.11 Å². The molecule has 0 aromatic carbocycles. The van der Waals surface area contributed by atoms with Crippen molar-refractivity contribution in [2.75, 3.05) is 19.6 Å². The van der Waals surface area contributed by atoms with Crippen molar-refractivity contribution >= 4 is 5.91 Å². The van der Waals surface area contributed by atoms with E-state index in [0.29, 0.717) is 13.0 Å². The molecule has 0 rings (SSSR count). The molecule has 0 aromatic rings. The molecular formula is C11H24N2O2. The molecule has 0 radical (unpaired) electrons. The van der Waals surface area contributed by atoms with Gasteiger partial charge in [0.15, 0.2) is 0 Å². The summed E-state index contributed by atoms with van der Waals surface area (Å²) in [6.45, 7) is 9.71. The topological polar surface area (TPSA) is 52.6 Å². The number of nitrogens with one attached hydrogen (secondary N) is 1. The Labute approximate surface area is 92.7 Å². The van der Waals surface area contributed by atoms with Crippen molar-refractivity contribution in [3.63, 3.8) is 0 Å². The van der Waals surface area contributed by atoms with E-state index in [9.17, 15) is 4.79 Å². The monoisotopic (exact) mass is 216 g/mol. The average Bonchev–Trinajstić information content (AvgIpc) is 2.16. The summed E-state index contributed by atoms with van der Waals surface area (Å²) >= 11 is 0. The van der Waals surface area contributed by atoms with Crippen LogP contribution in [0, 0.1) is 0 Å². The Hall–Kier alpha value is -0.610. The average molecular weight is 216 g/mol. The molecule has 0 fully saturated rings. The third-order valence-electron chi connectivity index (χ3n) is 2.36. The third-order valence-corrected chi connectivity index (χ3v) is 2.36. The van der Waals surface area contributed by atoms with Gasteiger partial charge in [-0.05, 0) is 27.7 Å². The lowest BCUT2D eigenvalue weighted by Crippen LogP contribution is -2.38. The van der Waals surface area contributed by atoms with Crippen LogP contribution in [0.3, 0.4) is 0 Å². The summed E-state index contributed by atoms with van der Waals surface area (Å²) in [5, 5.41) is 12.2. The number of aliphatic hydroxyl groups is 1. The first-order chi connectivity index (χ1) is 7.01. The molecule has 1 amide bonds. The van der Waals surface area contributed by atoms with Crippen molar-refractivity contribution in [1.82, 2.24) is 10.2 Å². The van der Waals surface area contributed by atoms with Crippen molar-refractivity contribution in [3.8, 4) is 0 Å². The largest absolute Gasteiger partial charge is 0.392 e. The molecule has 1 unspecified atom stereocenters. The molecule has 0 aliphatic carbocycles. The maximum absolute atomic E-state index is 11.7. The van der Waals surface area contributed by atoms with Crippen molar-refractivity contribution in [3.05, 3.63) is 0 Å². The maximum atomic E-state index is 11.7. The molecule has 0 aliphatic rings. The maximum Gasteiger partial charge on any atom is 0.224 e. The SMILES string of the molecule is CCN(CC)C(=O)CC(C)NC[C@H](C)O. The zero-order chi connectivity index (χ0) is 11.8. The summed E-state index contributed by atoms with van der Waals surface area (Å²) in [4.78, 5) is 13.5. The number of amides is 1. The standard InChI is InChI=1S/C11H24N2O2/c1-5-13(6-2)11(15)7-9(3)12-8-10(4)14/h9-10,12,14H,5-8H2,1-4H3/t9?,10-/m0/s1. The number of hydrogen-bond acceptors (Lipinski definition) is 3. The highest BCUT2D eigenvalue weighted by Crippen LogP contribution is 1.98. The summed E-state index contributed by atoms with van der Waals surface area (Å²) < 4.78 is 0. The number of carbonyl (C=O) groups is 1. The highest BCUT2D eigenvalue weighted by Gasteiger charge is 2.13. The highest BCUT2D eigenvalue weighted by atomic mass is 16.3. The molecule has 0 aliphatic heterocycles. The lowest BCUT2D eigenvalue weighted by Gasteiger charge is -2.21. The lowest BCUT2D eigenvalue weighted by molar-refractivity contribution is -0.131. The summed E-state index contributed by atoms with van der Waals surface area (Å²) in [6.07, 6.45) is 0.130. The Morgan fingerprint density at radius 2 is 1.87 bits per heavy atom. The third kappa shape index (κ3) is 6.47. The van der Waals surface area contributed by atoms with E-state index in [-0.39, 0.29) is 18.1 Å². The first-order valence-corrected chi connectivity index (χ1v) is 5.70. The molecule has 4 nitrogen and oxygen atoms in total. The van der Waals surface area contributed by atoms with Gasteiger partial charge in [0, 0.05) is 32.1 Å². The number of hydrogen-bond donors (Lipinski definition) is 2. The van der Waals surface area contributed by atoms with Gasteiger partial charge in [-0.1, -0.05) is 0 Å². The van der Waals surface area contributed by atoms with Gasteiger partial charge in [-0.15, -0.1) is 0 Å². The smallest absolute Gasteiger partial charge is 0.224 e. The molecule has 90 valence electrons. The predicted octanol–water partition coefficient (Wildman–Crippen LogP) is 0.604. The zero-order valence-corrected chi connectivity index (χ0v) is 10.3. The molecule has 0 bridgehead atoms. The van der Waals surface area contributed by atoms with Gasteiger partial charge in [0.1, 0.15) is 0 Å². The van der Waals surface area contributed by atoms with Crippen LogP contribution in [0.15, 0.2) is 0 Å². The van der Waals surface area contributed by atoms with Crippen LogP contribution in [-0.4, -0.2) is 47.7 Å². The van der Waals surface area contributed by atoms with Crippen LogP contribution < -0.4 is 5.32 Å². The van der Waals surface area contributed by atoms with Crippen LogP contribution in [0.1, 0.15) is 34.1 Å². The molecular weight excluding hydrogens is 192 g/mol. The molecule has 2 N–H and O–H groups in total. The second-order valence-electron chi connectivity index (χ2n) is 3.93. The minimum absolute atomic E-state index is 0.118. The Morgan fingerprint density at radius 1 is 1.33 bits per heavy atom. The number of aliphatic hydroxyl groups excluding tert-OH is 1. The lowest BCUT2D eigenvalue weighted by atomic mass is 10.2. The van der Waals surface area contributed by atoms with Gasteiger partial charge < -0.3 is 15.3 Å². The number of rotatable bonds is 7.